The maximum absolute atomic E-state index is 3.62. The van der Waals surface area contributed by atoms with E-state index in [0.717, 1.165) is 13.1 Å². The normalized spacial score (nSPS) is 13.4. The molecule has 1 atom stereocenters. The highest BCUT2D eigenvalue weighted by molar-refractivity contribution is 5.52. The SMILES string of the molecule is CCCNC(C)C(C)(C)CN(C)c1ccccc1C. The van der Waals surface area contributed by atoms with Crippen LogP contribution in [0.5, 0.6) is 0 Å². The monoisotopic (exact) mass is 262 g/mol. The van der Waals surface area contributed by atoms with Crippen LogP contribution in [-0.4, -0.2) is 26.2 Å². The van der Waals surface area contributed by atoms with Gasteiger partial charge in [0, 0.05) is 25.3 Å². The van der Waals surface area contributed by atoms with Gasteiger partial charge in [-0.3, -0.25) is 0 Å². The lowest BCUT2D eigenvalue weighted by Gasteiger charge is -2.37. The van der Waals surface area contributed by atoms with E-state index in [-0.39, 0.29) is 5.41 Å². The van der Waals surface area contributed by atoms with Crippen molar-refractivity contribution in [1.82, 2.24) is 5.32 Å². The molecule has 1 aromatic carbocycles. The minimum atomic E-state index is 0.242. The summed E-state index contributed by atoms with van der Waals surface area (Å²) in [5.74, 6) is 0. The Kier molecular flexibility index (Phi) is 5.86. The van der Waals surface area contributed by atoms with Gasteiger partial charge in [0.05, 0.1) is 0 Å². The molecular weight excluding hydrogens is 232 g/mol. The zero-order chi connectivity index (χ0) is 14.5. The van der Waals surface area contributed by atoms with Crippen molar-refractivity contribution >= 4 is 5.69 Å². The fourth-order valence-electron chi connectivity index (χ4n) is 2.46. The fourth-order valence-corrected chi connectivity index (χ4v) is 2.46. The number of benzene rings is 1. The lowest BCUT2D eigenvalue weighted by molar-refractivity contribution is 0.263. The summed E-state index contributed by atoms with van der Waals surface area (Å²) in [7, 11) is 2.19. The number of hydrogen-bond donors (Lipinski definition) is 1. The summed E-state index contributed by atoms with van der Waals surface area (Å²) in [6.45, 7) is 13.5. The molecule has 0 aliphatic rings. The third-order valence-electron chi connectivity index (χ3n) is 4.04. The number of nitrogens with zero attached hydrogens (tertiary/aromatic N) is 1. The molecule has 0 bridgehead atoms. The number of nitrogens with one attached hydrogen (secondary N) is 1. The smallest absolute Gasteiger partial charge is 0.0393 e. The van der Waals surface area contributed by atoms with Gasteiger partial charge in [-0.2, -0.15) is 0 Å². The topological polar surface area (TPSA) is 15.3 Å². The lowest BCUT2D eigenvalue weighted by atomic mass is 9.84. The molecule has 1 rings (SSSR count). The summed E-state index contributed by atoms with van der Waals surface area (Å²) < 4.78 is 0. The van der Waals surface area contributed by atoms with Crippen LogP contribution in [0.3, 0.4) is 0 Å². The van der Waals surface area contributed by atoms with E-state index >= 15 is 0 Å². The van der Waals surface area contributed by atoms with Crippen LogP contribution >= 0.6 is 0 Å². The van der Waals surface area contributed by atoms with Gasteiger partial charge >= 0.3 is 0 Å². The molecule has 1 N–H and O–H groups in total. The molecule has 0 aromatic heterocycles. The Morgan fingerprint density at radius 3 is 2.47 bits per heavy atom. The molecule has 0 amide bonds. The number of aryl methyl sites for hydroxylation is 1. The van der Waals surface area contributed by atoms with Crippen molar-refractivity contribution in [3.63, 3.8) is 0 Å². The molecular formula is C17H30N2. The van der Waals surface area contributed by atoms with Crippen LogP contribution in [0.1, 0.15) is 39.7 Å². The van der Waals surface area contributed by atoms with E-state index in [2.05, 4.69) is 76.1 Å². The maximum atomic E-state index is 3.62. The van der Waals surface area contributed by atoms with E-state index in [1.807, 2.05) is 0 Å². The molecule has 0 aliphatic heterocycles. The van der Waals surface area contributed by atoms with Crippen molar-refractivity contribution in [2.45, 2.75) is 47.1 Å². The Labute approximate surface area is 119 Å². The second kappa shape index (κ2) is 6.95. The van der Waals surface area contributed by atoms with E-state index in [1.54, 1.807) is 0 Å². The van der Waals surface area contributed by atoms with Gasteiger partial charge in [-0.25, -0.2) is 0 Å². The molecule has 2 heteroatoms. The van der Waals surface area contributed by atoms with Crippen molar-refractivity contribution in [1.29, 1.82) is 0 Å². The van der Waals surface area contributed by atoms with Gasteiger partial charge in [0.1, 0.15) is 0 Å². The summed E-state index contributed by atoms with van der Waals surface area (Å²) in [5.41, 5.74) is 2.92. The van der Waals surface area contributed by atoms with Gasteiger partial charge in [0.15, 0.2) is 0 Å². The molecule has 19 heavy (non-hydrogen) atoms. The summed E-state index contributed by atoms with van der Waals surface area (Å²) >= 11 is 0. The van der Waals surface area contributed by atoms with Crippen LogP contribution in [0.25, 0.3) is 0 Å². The Balaban J connectivity index is 2.69. The number of rotatable bonds is 7. The third-order valence-corrected chi connectivity index (χ3v) is 4.04. The van der Waals surface area contributed by atoms with Crippen molar-refractivity contribution in [3.05, 3.63) is 29.8 Å². The molecule has 0 heterocycles. The minimum Gasteiger partial charge on any atom is -0.374 e. The van der Waals surface area contributed by atoms with Crippen LogP contribution in [0.15, 0.2) is 24.3 Å². The predicted molar refractivity (Wildman–Crippen MR) is 86.0 cm³/mol. The van der Waals surface area contributed by atoms with Crippen LogP contribution in [0.2, 0.25) is 0 Å². The first kappa shape index (κ1) is 16.0. The quantitative estimate of drug-likeness (QED) is 0.803. The van der Waals surface area contributed by atoms with Crippen LogP contribution < -0.4 is 10.2 Å². The molecule has 1 aromatic rings. The summed E-state index contributed by atoms with van der Waals surface area (Å²) in [4.78, 5) is 2.37. The molecule has 0 saturated heterocycles. The van der Waals surface area contributed by atoms with Crippen LogP contribution in [0.4, 0.5) is 5.69 Å². The number of hydrogen-bond acceptors (Lipinski definition) is 2. The summed E-state index contributed by atoms with van der Waals surface area (Å²) in [6, 6.07) is 9.11. The highest BCUT2D eigenvalue weighted by Gasteiger charge is 2.27. The third kappa shape index (κ3) is 4.54. The Hall–Kier alpha value is -1.02. The average molecular weight is 262 g/mol. The number of para-hydroxylation sites is 1. The second-order valence-corrected chi connectivity index (χ2v) is 6.31. The minimum absolute atomic E-state index is 0.242. The zero-order valence-corrected chi connectivity index (χ0v) is 13.5. The van der Waals surface area contributed by atoms with Gasteiger partial charge in [0.25, 0.3) is 0 Å². The average Bonchev–Trinajstić information content (AvgIpc) is 2.35. The van der Waals surface area contributed by atoms with Gasteiger partial charge in [-0.15, -0.1) is 0 Å². The molecule has 0 radical (unpaired) electrons. The highest BCUT2D eigenvalue weighted by Crippen LogP contribution is 2.26. The van der Waals surface area contributed by atoms with Crippen LogP contribution in [0, 0.1) is 12.3 Å². The second-order valence-electron chi connectivity index (χ2n) is 6.31. The summed E-state index contributed by atoms with van der Waals surface area (Å²) in [6.07, 6.45) is 1.19. The Morgan fingerprint density at radius 2 is 1.89 bits per heavy atom. The zero-order valence-electron chi connectivity index (χ0n) is 13.5. The maximum Gasteiger partial charge on any atom is 0.0393 e. The Morgan fingerprint density at radius 1 is 1.26 bits per heavy atom. The molecule has 1 unspecified atom stereocenters. The largest absolute Gasteiger partial charge is 0.374 e. The molecule has 0 spiro atoms. The van der Waals surface area contributed by atoms with Gasteiger partial charge in [0.2, 0.25) is 0 Å². The van der Waals surface area contributed by atoms with E-state index in [0.29, 0.717) is 6.04 Å². The predicted octanol–water partition coefficient (Wildman–Crippen LogP) is 3.85. The van der Waals surface area contributed by atoms with Gasteiger partial charge in [-0.05, 0) is 43.9 Å². The molecule has 2 nitrogen and oxygen atoms in total. The lowest BCUT2D eigenvalue weighted by Crippen LogP contribution is -2.46. The molecule has 0 saturated carbocycles. The van der Waals surface area contributed by atoms with E-state index in [4.69, 9.17) is 0 Å². The first-order valence-corrected chi connectivity index (χ1v) is 7.38. The van der Waals surface area contributed by atoms with E-state index in [1.165, 1.54) is 17.7 Å². The van der Waals surface area contributed by atoms with Gasteiger partial charge in [-0.1, -0.05) is 39.0 Å². The highest BCUT2D eigenvalue weighted by atomic mass is 15.1. The number of anilines is 1. The van der Waals surface area contributed by atoms with Crippen molar-refractivity contribution in [2.75, 3.05) is 25.0 Å². The van der Waals surface area contributed by atoms with Crippen LogP contribution in [-0.2, 0) is 0 Å². The first-order valence-electron chi connectivity index (χ1n) is 7.38. The van der Waals surface area contributed by atoms with Gasteiger partial charge < -0.3 is 10.2 Å². The van der Waals surface area contributed by atoms with E-state index in [9.17, 15) is 0 Å². The fraction of sp³-hybridized carbons (Fsp3) is 0.647. The molecule has 0 fully saturated rings. The van der Waals surface area contributed by atoms with Crippen molar-refractivity contribution in [2.24, 2.45) is 5.41 Å². The molecule has 0 aliphatic carbocycles. The first-order chi connectivity index (χ1) is 8.88. The van der Waals surface area contributed by atoms with Crippen molar-refractivity contribution < 1.29 is 0 Å². The van der Waals surface area contributed by atoms with Crippen molar-refractivity contribution in [3.8, 4) is 0 Å². The standard InChI is InChI=1S/C17H30N2/c1-7-12-18-15(3)17(4,5)13-19(6)16-11-9-8-10-14(16)2/h8-11,15,18H,7,12-13H2,1-6H3. The Bertz CT molecular complexity index is 385. The summed E-state index contributed by atoms with van der Waals surface area (Å²) in [5, 5.41) is 3.62. The van der Waals surface area contributed by atoms with E-state index < -0.39 is 0 Å². The molecule has 108 valence electrons.